The number of hydrogen-bond donors (Lipinski definition) is 0. The Morgan fingerprint density at radius 1 is 1.19 bits per heavy atom. The molecule has 1 aromatic heterocycles. The van der Waals surface area contributed by atoms with Gasteiger partial charge in [0.15, 0.2) is 0 Å². The number of methoxy groups -OCH3 is 1. The van der Waals surface area contributed by atoms with Gasteiger partial charge in [0, 0.05) is 24.7 Å². The Morgan fingerprint density at radius 3 is 2.54 bits per heavy atom. The van der Waals surface area contributed by atoms with Crippen molar-refractivity contribution < 1.29 is 18.8 Å². The van der Waals surface area contributed by atoms with Crippen molar-refractivity contribution >= 4 is 17.6 Å². The monoisotopic (exact) mass is 359 g/mol. The summed E-state index contributed by atoms with van der Waals surface area (Å²) in [5, 5.41) is 4.05. The maximum Gasteiger partial charge on any atom is 0.336 e. The van der Waals surface area contributed by atoms with Crippen LogP contribution in [0.4, 0.5) is 4.79 Å². The summed E-state index contributed by atoms with van der Waals surface area (Å²) in [5.74, 6) is 0.349. The van der Waals surface area contributed by atoms with Crippen LogP contribution in [-0.2, 0) is 9.53 Å². The molecule has 3 aliphatic heterocycles. The molecule has 7 heteroatoms. The molecular formula is C19H25N3O4. The number of ether oxygens (including phenoxy) is 1. The molecule has 2 atom stereocenters. The number of hydrogen-bond acceptors (Lipinski definition) is 5. The summed E-state index contributed by atoms with van der Waals surface area (Å²) >= 11 is 0. The van der Waals surface area contributed by atoms with Crippen LogP contribution < -0.4 is 0 Å². The van der Waals surface area contributed by atoms with Crippen molar-refractivity contribution in [1.82, 2.24) is 15.0 Å². The number of rotatable bonds is 2. The third-order valence-electron chi connectivity index (χ3n) is 5.94. The molecule has 140 valence electrons. The third-order valence-corrected chi connectivity index (χ3v) is 5.94. The van der Waals surface area contributed by atoms with E-state index in [-0.39, 0.29) is 24.1 Å². The lowest BCUT2D eigenvalue weighted by Crippen LogP contribution is -2.51. The molecule has 3 aliphatic rings. The van der Waals surface area contributed by atoms with Gasteiger partial charge in [0.2, 0.25) is 0 Å². The zero-order valence-electron chi connectivity index (χ0n) is 15.6. The minimum absolute atomic E-state index is 0.0641. The number of amides is 2. The van der Waals surface area contributed by atoms with Crippen LogP contribution in [0, 0.1) is 13.8 Å². The number of urea groups is 1. The number of aryl methyl sites for hydroxylation is 2. The van der Waals surface area contributed by atoms with Gasteiger partial charge < -0.3 is 19.1 Å². The van der Waals surface area contributed by atoms with Gasteiger partial charge in [0.1, 0.15) is 5.76 Å². The Hall–Kier alpha value is -2.31. The van der Waals surface area contributed by atoms with E-state index in [2.05, 4.69) is 5.16 Å². The molecule has 0 spiro atoms. The van der Waals surface area contributed by atoms with Gasteiger partial charge >= 0.3 is 12.0 Å². The molecule has 1 aromatic rings. The normalized spacial score (nSPS) is 25.2. The first-order chi connectivity index (χ1) is 12.5. The van der Waals surface area contributed by atoms with Crippen molar-refractivity contribution in [2.75, 3.05) is 20.2 Å². The van der Waals surface area contributed by atoms with Crippen molar-refractivity contribution in [3.8, 4) is 0 Å². The van der Waals surface area contributed by atoms with Crippen LogP contribution in [0.1, 0.15) is 49.1 Å². The summed E-state index contributed by atoms with van der Waals surface area (Å²) < 4.78 is 10.4. The SMILES string of the molecule is COC(=O)C1=C(c2c(C)noc2C)C[C@@H]2CC[C@H]1N2C(=O)N1CCCC1. The number of fused-ring (bicyclic) bond motifs is 2. The summed E-state index contributed by atoms with van der Waals surface area (Å²) in [6.45, 7) is 5.36. The third kappa shape index (κ3) is 2.52. The van der Waals surface area contributed by atoms with Crippen LogP contribution in [-0.4, -0.2) is 59.2 Å². The van der Waals surface area contributed by atoms with E-state index in [9.17, 15) is 9.59 Å². The van der Waals surface area contributed by atoms with E-state index in [0.717, 1.165) is 55.6 Å². The average molecular weight is 359 g/mol. The Bertz CT molecular complexity index is 756. The van der Waals surface area contributed by atoms with Gasteiger partial charge in [-0.15, -0.1) is 0 Å². The van der Waals surface area contributed by atoms with Gasteiger partial charge in [-0.1, -0.05) is 5.16 Å². The topological polar surface area (TPSA) is 75.9 Å². The fraction of sp³-hybridized carbons (Fsp3) is 0.632. The highest BCUT2D eigenvalue weighted by atomic mass is 16.5. The number of likely N-dealkylation sites (tertiary alicyclic amines) is 1. The second kappa shape index (κ2) is 6.45. The first-order valence-corrected chi connectivity index (χ1v) is 9.34. The highest BCUT2D eigenvalue weighted by Crippen LogP contribution is 2.45. The van der Waals surface area contributed by atoms with Gasteiger partial charge in [0.05, 0.1) is 24.4 Å². The predicted molar refractivity (Wildman–Crippen MR) is 94.4 cm³/mol. The molecule has 0 aromatic carbocycles. The lowest BCUT2D eigenvalue weighted by molar-refractivity contribution is -0.136. The lowest BCUT2D eigenvalue weighted by Gasteiger charge is -2.39. The first kappa shape index (κ1) is 17.1. The van der Waals surface area contributed by atoms with E-state index in [0.29, 0.717) is 17.8 Å². The Kier molecular flexibility index (Phi) is 4.25. The maximum absolute atomic E-state index is 13.1. The fourth-order valence-electron chi connectivity index (χ4n) is 4.79. The molecule has 4 rings (SSSR count). The molecule has 0 radical (unpaired) electrons. The summed E-state index contributed by atoms with van der Waals surface area (Å²) in [7, 11) is 1.40. The smallest absolute Gasteiger partial charge is 0.336 e. The van der Waals surface area contributed by atoms with E-state index in [4.69, 9.17) is 9.26 Å². The van der Waals surface area contributed by atoms with E-state index in [1.165, 1.54) is 7.11 Å². The van der Waals surface area contributed by atoms with Crippen molar-refractivity contribution in [2.45, 2.75) is 58.0 Å². The lowest BCUT2D eigenvalue weighted by atomic mass is 9.87. The molecule has 4 heterocycles. The zero-order valence-corrected chi connectivity index (χ0v) is 15.6. The Labute approximate surface area is 152 Å². The Balaban J connectivity index is 1.78. The van der Waals surface area contributed by atoms with Crippen LogP contribution >= 0.6 is 0 Å². The molecule has 0 unspecified atom stereocenters. The van der Waals surface area contributed by atoms with Crippen LogP contribution in [0.2, 0.25) is 0 Å². The van der Waals surface area contributed by atoms with Crippen molar-refractivity contribution in [3.63, 3.8) is 0 Å². The Morgan fingerprint density at radius 2 is 1.92 bits per heavy atom. The summed E-state index contributed by atoms with van der Waals surface area (Å²) in [4.78, 5) is 29.6. The van der Waals surface area contributed by atoms with Crippen molar-refractivity contribution in [2.24, 2.45) is 0 Å². The second-order valence-electron chi connectivity index (χ2n) is 7.42. The van der Waals surface area contributed by atoms with Gasteiger partial charge in [-0.2, -0.15) is 0 Å². The minimum Gasteiger partial charge on any atom is -0.466 e. The molecule has 2 amide bonds. The minimum atomic E-state index is -0.357. The summed E-state index contributed by atoms with van der Waals surface area (Å²) in [6.07, 6.45) is 4.44. The van der Waals surface area contributed by atoms with Gasteiger partial charge in [0.25, 0.3) is 0 Å². The molecule has 26 heavy (non-hydrogen) atoms. The van der Waals surface area contributed by atoms with Crippen molar-refractivity contribution in [3.05, 3.63) is 22.6 Å². The van der Waals surface area contributed by atoms with Crippen LogP contribution in [0.25, 0.3) is 5.57 Å². The number of esters is 1. The maximum atomic E-state index is 13.1. The number of carbonyl (C=O) groups excluding carboxylic acids is 2. The molecule has 0 N–H and O–H groups in total. The molecule has 7 nitrogen and oxygen atoms in total. The summed E-state index contributed by atoms with van der Waals surface area (Å²) in [5.41, 5.74) is 3.21. The van der Waals surface area contributed by atoms with E-state index in [1.54, 1.807) is 0 Å². The van der Waals surface area contributed by atoms with E-state index >= 15 is 0 Å². The van der Waals surface area contributed by atoms with E-state index < -0.39 is 0 Å². The van der Waals surface area contributed by atoms with Crippen LogP contribution in [0.5, 0.6) is 0 Å². The predicted octanol–water partition coefficient (Wildman–Crippen LogP) is 2.67. The quantitative estimate of drug-likeness (QED) is 0.759. The van der Waals surface area contributed by atoms with Gasteiger partial charge in [-0.3, -0.25) is 0 Å². The van der Waals surface area contributed by atoms with Crippen LogP contribution in [0.15, 0.2) is 10.1 Å². The van der Waals surface area contributed by atoms with E-state index in [1.807, 2.05) is 23.6 Å². The summed E-state index contributed by atoms with van der Waals surface area (Å²) in [6, 6.07) is -0.0441. The fourth-order valence-corrected chi connectivity index (χ4v) is 4.79. The van der Waals surface area contributed by atoms with Gasteiger partial charge in [-0.25, -0.2) is 9.59 Å². The number of nitrogens with zero attached hydrogens (tertiary/aromatic N) is 3. The molecule has 2 fully saturated rings. The standard InChI is InChI=1S/C19H25N3O4/c1-11-16(12(2)26-20-11)14-10-13-6-7-15(17(14)18(23)25-3)22(13)19(24)21-8-4-5-9-21/h13,15H,4-10H2,1-3H3/t13-,15+/m0/s1. The molecule has 2 saturated heterocycles. The highest BCUT2D eigenvalue weighted by Gasteiger charge is 2.48. The molecule has 2 bridgehead atoms. The molecule has 0 saturated carbocycles. The number of carbonyl (C=O) groups is 2. The zero-order chi connectivity index (χ0) is 18.4. The molecule has 0 aliphatic carbocycles. The largest absolute Gasteiger partial charge is 0.466 e. The average Bonchev–Trinajstić information content (AvgIpc) is 3.34. The van der Waals surface area contributed by atoms with Gasteiger partial charge in [-0.05, 0) is 51.5 Å². The number of aromatic nitrogens is 1. The first-order valence-electron chi connectivity index (χ1n) is 9.34. The second-order valence-corrected chi connectivity index (χ2v) is 7.42. The van der Waals surface area contributed by atoms with Crippen LogP contribution in [0.3, 0.4) is 0 Å². The highest BCUT2D eigenvalue weighted by molar-refractivity contribution is 6.01. The van der Waals surface area contributed by atoms with Crippen molar-refractivity contribution in [1.29, 1.82) is 0 Å². The molecular weight excluding hydrogens is 334 g/mol.